The summed E-state index contributed by atoms with van der Waals surface area (Å²) in [6.07, 6.45) is 2.51. The zero-order valence-electron chi connectivity index (χ0n) is 17.6. The molecule has 1 aromatic carbocycles. The summed E-state index contributed by atoms with van der Waals surface area (Å²) in [5.41, 5.74) is 1.07. The third kappa shape index (κ3) is 8.77. The van der Waals surface area contributed by atoms with Crippen molar-refractivity contribution in [2.45, 2.75) is 52.1 Å². The fraction of sp³-hybridized carbons (Fsp3) is 0.619. The molecule has 0 radical (unpaired) electrons. The van der Waals surface area contributed by atoms with Gasteiger partial charge in [0.25, 0.3) is 0 Å². The van der Waals surface area contributed by atoms with Gasteiger partial charge in [-0.25, -0.2) is 4.99 Å². The molecule has 0 aliphatic carbocycles. The third-order valence-electron chi connectivity index (χ3n) is 4.47. The Balaban J connectivity index is 0.00000392. The van der Waals surface area contributed by atoms with Crippen LogP contribution in [0.25, 0.3) is 0 Å². The minimum Gasteiger partial charge on any atom is -0.357 e. The predicted octanol–water partition coefficient (Wildman–Crippen LogP) is 2.91. The third-order valence-corrected chi connectivity index (χ3v) is 4.47. The number of nitrogens with zero attached hydrogens (tertiary/aromatic N) is 2. The molecule has 1 heterocycles. The predicted molar refractivity (Wildman–Crippen MR) is 127 cm³/mol. The maximum Gasteiger partial charge on any atom is 0.242 e. The molecule has 0 saturated carbocycles. The Kier molecular flexibility index (Phi) is 10.8. The molecule has 1 aliphatic rings. The molecule has 1 amide bonds. The lowest BCUT2D eigenvalue weighted by Gasteiger charge is -2.29. The Hall–Kier alpha value is -1.35. The summed E-state index contributed by atoms with van der Waals surface area (Å²) in [5.74, 6) is 0.612. The Morgan fingerprint density at radius 2 is 1.79 bits per heavy atom. The number of nitrogens with one attached hydrogen (secondary N) is 3. The van der Waals surface area contributed by atoms with E-state index in [-0.39, 0.29) is 42.0 Å². The molecule has 28 heavy (non-hydrogen) atoms. The first kappa shape index (κ1) is 24.7. The first-order valence-corrected chi connectivity index (χ1v) is 10.0. The van der Waals surface area contributed by atoms with Gasteiger partial charge >= 0.3 is 0 Å². The van der Waals surface area contributed by atoms with E-state index in [0.717, 1.165) is 26.2 Å². The summed E-state index contributed by atoms with van der Waals surface area (Å²) >= 11 is 0. The molecule has 6 nitrogen and oxygen atoms in total. The highest BCUT2D eigenvalue weighted by Gasteiger charge is 2.23. The van der Waals surface area contributed by atoms with Crippen molar-refractivity contribution < 1.29 is 4.79 Å². The zero-order valence-corrected chi connectivity index (χ0v) is 20.0. The molecule has 3 N–H and O–H groups in total. The molecule has 7 heteroatoms. The SMILES string of the molecule is CCNC(=NCC(=O)NC(C)(C)C)NCC(c1ccccc1)N1CCCC1.I. The van der Waals surface area contributed by atoms with Crippen LogP contribution in [0.15, 0.2) is 35.3 Å². The van der Waals surface area contributed by atoms with Crippen molar-refractivity contribution in [3.8, 4) is 0 Å². The molecule has 2 rings (SSSR count). The summed E-state index contributed by atoms with van der Waals surface area (Å²) in [6, 6.07) is 10.9. The lowest BCUT2D eigenvalue weighted by molar-refractivity contribution is -0.121. The van der Waals surface area contributed by atoms with Crippen LogP contribution in [0, 0.1) is 0 Å². The number of amides is 1. The van der Waals surface area contributed by atoms with Gasteiger partial charge in [0, 0.05) is 18.6 Å². The summed E-state index contributed by atoms with van der Waals surface area (Å²) in [4.78, 5) is 19.0. The van der Waals surface area contributed by atoms with Crippen molar-refractivity contribution >= 4 is 35.8 Å². The lowest BCUT2D eigenvalue weighted by Crippen LogP contribution is -2.44. The Morgan fingerprint density at radius 1 is 1.14 bits per heavy atom. The van der Waals surface area contributed by atoms with E-state index in [1.54, 1.807) is 0 Å². The number of carbonyl (C=O) groups is 1. The van der Waals surface area contributed by atoms with Crippen molar-refractivity contribution in [1.82, 2.24) is 20.9 Å². The van der Waals surface area contributed by atoms with Crippen molar-refractivity contribution in [1.29, 1.82) is 0 Å². The van der Waals surface area contributed by atoms with Gasteiger partial charge in [-0.1, -0.05) is 30.3 Å². The molecule has 0 bridgehead atoms. The first-order chi connectivity index (χ1) is 12.9. The number of guanidine groups is 1. The van der Waals surface area contributed by atoms with Gasteiger partial charge in [0.15, 0.2) is 5.96 Å². The highest BCUT2D eigenvalue weighted by atomic mass is 127. The summed E-state index contributed by atoms with van der Waals surface area (Å²) in [7, 11) is 0. The number of hydrogen-bond donors (Lipinski definition) is 3. The van der Waals surface area contributed by atoms with E-state index in [9.17, 15) is 4.79 Å². The zero-order chi connectivity index (χ0) is 19.7. The highest BCUT2D eigenvalue weighted by Crippen LogP contribution is 2.24. The van der Waals surface area contributed by atoms with E-state index in [1.807, 2.05) is 27.7 Å². The van der Waals surface area contributed by atoms with Gasteiger partial charge in [-0.05, 0) is 59.2 Å². The van der Waals surface area contributed by atoms with Crippen LogP contribution in [-0.4, -0.2) is 55.0 Å². The summed E-state index contributed by atoms with van der Waals surface area (Å²) in [5, 5.41) is 9.61. The summed E-state index contributed by atoms with van der Waals surface area (Å²) < 4.78 is 0. The number of halogens is 1. The Morgan fingerprint density at radius 3 is 2.36 bits per heavy atom. The van der Waals surface area contributed by atoms with Crippen LogP contribution in [0.4, 0.5) is 0 Å². The number of likely N-dealkylation sites (tertiary alicyclic amines) is 1. The fourth-order valence-electron chi connectivity index (χ4n) is 3.33. The van der Waals surface area contributed by atoms with Gasteiger partial charge < -0.3 is 16.0 Å². The van der Waals surface area contributed by atoms with E-state index in [4.69, 9.17) is 0 Å². The average molecular weight is 501 g/mol. The minimum atomic E-state index is -0.244. The summed E-state index contributed by atoms with van der Waals surface area (Å²) in [6.45, 7) is 11.8. The monoisotopic (exact) mass is 501 g/mol. The van der Waals surface area contributed by atoms with Crippen LogP contribution in [0.5, 0.6) is 0 Å². The normalized spacial score (nSPS) is 16.2. The van der Waals surface area contributed by atoms with Crippen molar-refractivity contribution in [2.75, 3.05) is 32.7 Å². The van der Waals surface area contributed by atoms with Gasteiger partial charge in [-0.2, -0.15) is 0 Å². The molecule has 0 spiro atoms. The van der Waals surface area contributed by atoms with Crippen molar-refractivity contribution in [3.63, 3.8) is 0 Å². The number of benzene rings is 1. The first-order valence-electron chi connectivity index (χ1n) is 10.0. The molecule has 1 saturated heterocycles. The molecule has 1 unspecified atom stereocenters. The largest absolute Gasteiger partial charge is 0.357 e. The molecule has 1 fully saturated rings. The van der Waals surface area contributed by atoms with Gasteiger partial charge in [-0.15, -0.1) is 24.0 Å². The average Bonchev–Trinajstić information content (AvgIpc) is 3.13. The minimum absolute atomic E-state index is 0. The molecule has 0 aromatic heterocycles. The number of hydrogen-bond acceptors (Lipinski definition) is 3. The molecular weight excluding hydrogens is 465 g/mol. The standard InChI is InChI=1S/C21H35N5O.HI/c1-5-22-20(24-16-19(27)25-21(2,3)4)23-15-18(26-13-9-10-14-26)17-11-7-6-8-12-17;/h6-8,11-12,18H,5,9-10,13-16H2,1-4H3,(H,25,27)(H2,22,23,24);1H. The fourth-order valence-corrected chi connectivity index (χ4v) is 3.33. The molecule has 158 valence electrons. The highest BCUT2D eigenvalue weighted by molar-refractivity contribution is 14.0. The van der Waals surface area contributed by atoms with Gasteiger partial charge in [0.2, 0.25) is 5.91 Å². The van der Waals surface area contributed by atoms with Crippen LogP contribution in [0.3, 0.4) is 0 Å². The van der Waals surface area contributed by atoms with Crippen molar-refractivity contribution in [3.05, 3.63) is 35.9 Å². The topological polar surface area (TPSA) is 68.8 Å². The maximum atomic E-state index is 12.1. The quantitative estimate of drug-likeness (QED) is 0.306. The van der Waals surface area contributed by atoms with Gasteiger partial charge in [-0.3, -0.25) is 9.69 Å². The van der Waals surface area contributed by atoms with E-state index >= 15 is 0 Å². The lowest BCUT2D eigenvalue weighted by atomic mass is 10.1. The van der Waals surface area contributed by atoms with E-state index in [2.05, 4.69) is 56.2 Å². The molecule has 1 atom stereocenters. The van der Waals surface area contributed by atoms with Crippen molar-refractivity contribution in [2.24, 2.45) is 4.99 Å². The second-order valence-electron chi connectivity index (χ2n) is 8.04. The number of carbonyl (C=O) groups excluding carboxylic acids is 1. The molecular formula is C21H36IN5O. The number of aliphatic imine (C=N–C) groups is 1. The van der Waals surface area contributed by atoms with E-state index in [1.165, 1.54) is 18.4 Å². The van der Waals surface area contributed by atoms with Gasteiger partial charge in [0.05, 0.1) is 6.04 Å². The van der Waals surface area contributed by atoms with Crippen LogP contribution in [-0.2, 0) is 4.79 Å². The van der Waals surface area contributed by atoms with Crippen LogP contribution >= 0.6 is 24.0 Å². The Bertz CT molecular complexity index is 609. The van der Waals surface area contributed by atoms with Gasteiger partial charge in [0.1, 0.15) is 6.54 Å². The maximum absolute atomic E-state index is 12.1. The number of rotatable bonds is 7. The smallest absolute Gasteiger partial charge is 0.242 e. The second kappa shape index (κ2) is 12.3. The van der Waals surface area contributed by atoms with E-state index < -0.39 is 0 Å². The van der Waals surface area contributed by atoms with Crippen LogP contribution in [0.1, 0.15) is 52.1 Å². The second-order valence-corrected chi connectivity index (χ2v) is 8.04. The molecule has 1 aliphatic heterocycles. The van der Waals surface area contributed by atoms with E-state index in [0.29, 0.717) is 12.0 Å². The van der Waals surface area contributed by atoms with Crippen LogP contribution < -0.4 is 16.0 Å². The Labute approximate surface area is 187 Å². The van der Waals surface area contributed by atoms with Crippen LogP contribution in [0.2, 0.25) is 0 Å². The molecule has 1 aromatic rings.